The Morgan fingerprint density at radius 1 is 1.05 bits per heavy atom. The van der Waals surface area contributed by atoms with Gasteiger partial charge in [0.15, 0.2) is 0 Å². The highest BCUT2D eigenvalue weighted by Gasteiger charge is 2.14. The van der Waals surface area contributed by atoms with Gasteiger partial charge in [0.05, 0.1) is 11.3 Å². The molecule has 0 radical (unpaired) electrons. The van der Waals surface area contributed by atoms with Gasteiger partial charge >= 0.3 is 5.97 Å². The van der Waals surface area contributed by atoms with Crippen LogP contribution in [-0.2, 0) is 0 Å². The first-order valence-corrected chi connectivity index (χ1v) is 6.52. The van der Waals surface area contributed by atoms with E-state index in [4.69, 9.17) is 34.0 Å². The minimum atomic E-state index is -1.17. The Morgan fingerprint density at radius 3 is 2.38 bits per heavy atom. The lowest BCUT2D eigenvalue weighted by Crippen LogP contribution is -2.15. The van der Waals surface area contributed by atoms with Crippen molar-refractivity contribution in [1.29, 1.82) is 0 Å². The first-order chi connectivity index (χ1) is 9.86. The molecule has 4 N–H and O–H groups in total. The van der Waals surface area contributed by atoms with Crippen molar-refractivity contribution in [3.63, 3.8) is 0 Å². The second kappa shape index (κ2) is 6.03. The highest BCUT2D eigenvalue weighted by Crippen LogP contribution is 2.23. The van der Waals surface area contributed by atoms with E-state index in [0.29, 0.717) is 15.7 Å². The molecule has 1 amide bonds. The smallest absolute Gasteiger partial charge is 0.337 e. The Balaban J connectivity index is 2.35. The van der Waals surface area contributed by atoms with Crippen molar-refractivity contribution in [3.8, 4) is 0 Å². The van der Waals surface area contributed by atoms with Crippen molar-refractivity contribution in [3.05, 3.63) is 57.6 Å². The summed E-state index contributed by atoms with van der Waals surface area (Å²) in [6, 6.07) is 8.46. The fraction of sp³-hybridized carbons (Fsp3) is 0. The summed E-state index contributed by atoms with van der Waals surface area (Å²) in [5.41, 5.74) is 6.19. The van der Waals surface area contributed by atoms with Gasteiger partial charge in [-0.25, -0.2) is 4.79 Å². The number of amides is 1. The number of benzene rings is 2. The molecule has 0 spiro atoms. The molecule has 0 saturated carbocycles. The SMILES string of the molecule is Nc1cc(Cl)cc(C(=O)Nc2cc(Cl)ccc2C(=O)O)c1. The number of anilines is 2. The topological polar surface area (TPSA) is 92.4 Å². The summed E-state index contributed by atoms with van der Waals surface area (Å²) in [4.78, 5) is 23.3. The fourth-order valence-corrected chi connectivity index (χ4v) is 2.16. The normalized spacial score (nSPS) is 10.2. The van der Waals surface area contributed by atoms with Gasteiger partial charge in [0.1, 0.15) is 0 Å². The molecule has 0 saturated heterocycles. The fourth-order valence-electron chi connectivity index (χ4n) is 1.74. The number of halogens is 2. The number of carbonyl (C=O) groups is 2. The van der Waals surface area contributed by atoms with Crippen molar-refractivity contribution >= 4 is 46.5 Å². The van der Waals surface area contributed by atoms with Gasteiger partial charge in [-0.15, -0.1) is 0 Å². The summed E-state index contributed by atoms with van der Waals surface area (Å²) in [5, 5.41) is 12.2. The highest BCUT2D eigenvalue weighted by molar-refractivity contribution is 6.32. The number of carbonyl (C=O) groups excluding carboxylic acids is 1. The molecule has 7 heteroatoms. The van der Waals surface area contributed by atoms with Gasteiger partial charge in [-0.3, -0.25) is 4.79 Å². The van der Waals surface area contributed by atoms with Gasteiger partial charge in [-0.1, -0.05) is 23.2 Å². The average molecular weight is 325 g/mol. The van der Waals surface area contributed by atoms with Crippen LogP contribution in [0.25, 0.3) is 0 Å². The molecule has 0 heterocycles. The molecule has 21 heavy (non-hydrogen) atoms. The van der Waals surface area contributed by atoms with E-state index in [1.54, 1.807) is 0 Å². The number of carboxylic acids is 1. The lowest BCUT2D eigenvalue weighted by Gasteiger charge is -2.09. The Bertz CT molecular complexity index is 712. The third-order valence-electron chi connectivity index (χ3n) is 2.64. The molecule has 0 fully saturated rings. The van der Waals surface area contributed by atoms with Crippen molar-refractivity contribution < 1.29 is 14.7 Å². The molecule has 0 aliphatic heterocycles. The van der Waals surface area contributed by atoms with Crippen molar-refractivity contribution in [2.24, 2.45) is 0 Å². The second-order valence-electron chi connectivity index (χ2n) is 4.22. The minimum absolute atomic E-state index is 0.0669. The van der Waals surface area contributed by atoms with E-state index >= 15 is 0 Å². The van der Waals surface area contributed by atoms with Gasteiger partial charge in [0.2, 0.25) is 0 Å². The maximum atomic E-state index is 12.1. The Hall–Kier alpha value is -2.24. The lowest BCUT2D eigenvalue weighted by molar-refractivity contribution is 0.0698. The zero-order chi connectivity index (χ0) is 15.6. The number of nitrogens with one attached hydrogen (secondary N) is 1. The Labute approximate surface area is 130 Å². The summed E-state index contributed by atoms with van der Waals surface area (Å²) in [5.74, 6) is -1.71. The largest absolute Gasteiger partial charge is 0.478 e. The van der Waals surface area contributed by atoms with Crippen LogP contribution in [0.15, 0.2) is 36.4 Å². The van der Waals surface area contributed by atoms with Crippen LogP contribution in [0.1, 0.15) is 20.7 Å². The van der Waals surface area contributed by atoms with Crippen LogP contribution in [0, 0.1) is 0 Å². The highest BCUT2D eigenvalue weighted by atomic mass is 35.5. The van der Waals surface area contributed by atoms with E-state index in [1.807, 2.05) is 0 Å². The first-order valence-electron chi connectivity index (χ1n) is 5.77. The zero-order valence-corrected chi connectivity index (χ0v) is 12.1. The molecule has 0 aliphatic rings. The van der Waals surface area contributed by atoms with E-state index in [0.717, 1.165) is 0 Å². The molecular formula is C14H10Cl2N2O3. The van der Waals surface area contributed by atoms with Crippen LogP contribution in [0.2, 0.25) is 10.0 Å². The van der Waals surface area contributed by atoms with Gasteiger partial charge < -0.3 is 16.2 Å². The number of hydrogen-bond donors (Lipinski definition) is 3. The molecule has 0 atom stereocenters. The third kappa shape index (κ3) is 3.65. The van der Waals surface area contributed by atoms with Crippen LogP contribution < -0.4 is 11.1 Å². The molecule has 108 valence electrons. The molecule has 2 aromatic carbocycles. The molecule has 5 nitrogen and oxygen atoms in total. The average Bonchev–Trinajstić information content (AvgIpc) is 2.37. The second-order valence-corrected chi connectivity index (χ2v) is 5.10. The Morgan fingerprint density at radius 2 is 1.76 bits per heavy atom. The van der Waals surface area contributed by atoms with Gasteiger partial charge in [-0.05, 0) is 36.4 Å². The van der Waals surface area contributed by atoms with Crippen LogP contribution in [0.5, 0.6) is 0 Å². The standard InChI is InChI=1S/C14H10Cl2N2O3/c15-8-1-2-11(14(20)21)12(6-8)18-13(19)7-3-9(16)5-10(17)4-7/h1-6H,17H2,(H,18,19)(H,20,21). The molecule has 0 aliphatic carbocycles. The first kappa shape index (κ1) is 15.2. The van der Waals surface area contributed by atoms with Crippen LogP contribution in [0.4, 0.5) is 11.4 Å². The lowest BCUT2D eigenvalue weighted by atomic mass is 10.1. The summed E-state index contributed by atoms with van der Waals surface area (Å²) < 4.78 is 0. The number of aromatic carboxylic acids is 1. The molecule has 0 unspecified atom stereocenters. The van der Waals surface area contributed by atoms with Crippen molar-refractivity contribution in [2.45, 2.75) is 0 Å². The van der Waals surface area contributed by atoms with Crippen LogP contribution in [0.3, 0.4) is 0 Å². The number of hydrogen-bond acceptors (Lipinski definition) is 3. The molecule has 0 aromatic heterocycles. The van der Waals surface area contributed by atoms with Crippen molar-refractivity contribution in [1.82, 2.24) is 0 Å². The predicted octanol–water partition coefficient (Wildman–Crippen LogP) is 3.53. The van der Waals surface area contributed by atoms with E-state index in [-0.39, 0.29) is 16.8 Å². The Kier molecular flexibility index (Phi) is 4.35. The molecule has 2 rings (SSSR count). The summed E-state index contributed by atoms with van der Waals surface area (Å²) in [6.45, 7) is 0. The summed E-state index contributed by atoms with van der Waals surface area (Å²) in [6.07, 6.45) is 0. The van der Waals surface area contributed by atoms with E-state index < -0.39 is 11.9 Å². The quantitative estimate of drug-likeness (QED) is 0.753. The van der Waals surface area contributed by atoms with Gasteiger partial charge in [0.25, 0.3) is 5.91 Å². The zero-order valence-electron chi connectivity index (χ0n) is 10.6. The van der Waals surface area contributed by atoms with E-state index in [2.05, 4.69) is 5.32 Å². The van der Waals surface area contributed by atoms with Crippen molar-refractivity contribution in [2.75, 3.05) is 11.1 Å². The number of rotatable bonds is 3. The molecule has 2 aromatic rings. The minimum Gasteiger partial charge on any atom is -0.478 e. The number of nitrogens with two attached hydrogens (primary N) is 1. The third-order valence-corrected chi connectivity index (χ3v) is 3.10. The maximum absolute atomic E-state index is 12.1. The molecular weight excluding hydrogens is 315 g/mol. The summed E-state index contributed by atoms with van der Waals surface area (Å²) >= 11 is 11.6. The summed E-state index contributed by atoms with van der Waals surface area (Å²) in [7, 11) is 0. The maximum Gasteiger partial charge on any atom is 0.337 e. The van der Waals surface area contributed by atoms with Crippen LogP contribution >= 0.6 is 23.2 Å². The monoisotopic (exact) mass is 324 g/mol. The van der Waals surface area contributed by atoms with E-state index in [1.165, 1.54) is 36.4 Å². The molecule has 0 bridgehead atoms. The van der Waals surface area contributed by atoms with Gasteiger partial charge in [-0.2, -0.15) is 0 Å². The van der Waals surface area contributed by atoms with Gasteiger partial charge in [0, 0.05) is 21.3 Å². The number of nitrogen functional groups attached to an aromatic ring is 1. The van der Waals surface area contributed by atoms with Crippen LogP contribution in [-0.4, -0.2) is 17.0 Å². The predicted molar refractivity (Wildman–Crippen MR) is 82.2 cm³/mol. The number of carboxylic acid groups (broad SMARTS) is 1. The van der Waals surface area contributed by atoms with E-state index in [9.17, 15) is 9.59 Å².